The average Bonchev–Trinajstić information content (AvgIpc) is 3.02. The van der Waals surface area contributed by atoms with E-state index in [1.54, 1.807) is 18.2 Å². The number of rotatable bonds is 11. The summed E-state index contributed by atoms with van der Waals surface area (Å²) in [6, 6.07) is 3.38. The minimum Gasteiger partial charge on any atom is -0.481 e. The summed E-state index contributed by atoms with van der Waals surface area (Å²) in [6.07, 6.45) is 9.11. The van der Waals surface area contributed by atoms with Gasteiger partial charge in [-0.05, 0) is 49.4 Å². The number of nitrogens with zero attached hydrogens (tertiary/aromatic N) is 1. The lowest BCUT2D eigenvalue weighted by Crippen LogP contribution is -2.43. The Balaban J connectivity index is 1.79. The van der Waals surface area contributed by atoms with Gasteiger partial charge in [0.05, 0.1) is 12.1 Å². The van der Waals surface area contributed by atoms with Crippen molar-refractivity contribution >= 4 is 23.5 Å². The van der Waals surface area contributed by atoms with E-state index >= 15 is 0 Å². The van der Waals surface area contributed by atoms with Gasteiger partial charge in [0.25, 0.3) is 0 Å². The molecule has 2 rings (SSSR count). The summed E-state index contributed by atoms with van der Waals surface area (Å²) < 4.78 is 5.25. The fourth-order valence-electron chi connectivity index (χ4n) is 3.34. The molecule has 1 unspecified atom stereocenters. The SMILES string of the molecule is O=C(O)CCCCCCN1C(=O)CCC[C@@H]1C=CC(O)Cc1ccc(Cl)o1. The van der Waals surface area contributed by atoms with Crippen molar-refractivity contribution in [1.29, 1.82) is 0 Å². The van der Waals surface area contributed by atoms with E-state index in [1.807, 2.05) is 11.0 Å². The number of likely N-dealkylation sites (tertiary alicyclic amines) is 1. The Labute approximate surface area is 164 Å². The van der Waals surface area contributed by atoms with Gasteiger partial charge in [-0.15, -0.1) is 0 Å². The van der Waals surface area contributed by atoms with Crippen LogP contribution in [0, 0.1) is 0 Å². The quantitative estimate of drug-likeness (QED) is 0.437. The second-order valence-electron chi connectivity index (χ2n) is 6.97. The Kier molecular flexibility index (Phi) is 8.88. The largest absolute Gasteiger partial charge is 0.481 e. The van der Waals surface area contributed by atoms with Crippen LogP contribution in [0.2, 0.25) is 5.22 Å². The Bertz CT molecular complexity index is 642. The number of unbranched alkanes of at least 4 members (excludes halogenated alkanes) is 3. The molecule has 7 heteroatoms. The number of hydrogen-bond acceptors (Lipinski definition) is 4. The third kappa shape index (κ3) is 7.77. The van der Waals surface area contributed by atoms with E-state index in [0.29, 0.717) is 36.8 Å². The Morgan fingerprint density at radius 3 is 2.81 bits per heavy atom. The highest BCUT2D eigenvalue weighted by atomic mass is 35.5. The predicted octanol–water partition coefficient (Wildman–Crippen LogP) is 3.81. The van der Waals surface area contributed by atoms with Crippen molar-refractivity contribution in [3.63, 3.8) is 0 Å². The second kappa shape index (κ2) is 11.1. The van der Waals surface area contributed by atoms with E-state index in [4.69, 9.17) is 21.1 Å². The molecule has 2 N–H and O–H groups in total. The Hall–Kier alpha value is -1.79. The minimum absolute atomic E-state index is 0.000101. The Morgan fingerprint density at radius 2 is 2.11 bits per heavy atom. The number of aliphatic hydroxyl groups is 1. The highest BCUT2D eigenvalue weighted by molar-refractivity contribution is 6.28. The summed E-state index contributed by atoms with van der Waals surface area (Å²) in [5.41, 5.74) is 0. The number of furan rings is 1. The van der Waals surface area contributed by atoms with Crippen molar-refractivity contribution in [1.82, 2.24) is 4.90 Å². The molecule has 1 aromatic heterocycles. The van der Waals surface area contributed by atoms with Crippen LogP contribution in [-0.2, 0) is 16.0 Å². The molecular formula is C20H28ClNO5. The third-order valence-electron chi connectivity index (χ3n) is 4.75. The first-order chi connectivity index (χ1) is 13.0. The molecule has 0 aliphatic carbocycles. The molecule has 6 nitrogen and oxygen atoms in total. The molecule has 2 atom stereocenters. The van der Waals surface area contributed by atoms with Crippen molar-refractivity contribution in [2.24, 2.45) is 0 Å². The highest BCUT2D eigenvalue weighted by Crippen LogP contribution is 2.21. The van der Waals surface area contributed by atoms with Gasteiger partial charge in [0.1, 0.15) is 5.76 Å². The standard InChI is InChI=1S/C20H28ClNO5/c21-18-12-11-17(27-18)14-16(23)10-9-15-6-5-7-19(24)22(15)13-4-2-1-3-8-20(25)26/h9-12,15-16,23H,1-8,13-14H2,(H,25,26)/t15-,16?/m1/s1. The first-order valence-electron chi connectivity index (χ1n) is 9.57. The van der Waals surface area contributed by atoms with Crippen LogP contribution in [0.1, 0.15) is 57.1 Å². The number of aliphatic carboxylic acids is 1. The lowest BCUT2D eigenvalue weighted by Gasteiger charge is -2.34. The number of carbonyl (C=O) groups is 2. The van der Waals surface area contributed by atoms with E-state index in [-0.39, 0.29) is 18.4 Å². The molecule has 0 spiro atoms. The fourth-order valence-corrected chi connectivity index (χ4v) is 3.50. The van der Waals surface area contributed by atoms with Crippen LogP contribution >= 0.6 is 11.6 Å². The molecule has 1 fully saturated rings. The number of amides is 1. The van der Waals surface area contributed by atoms with Crippen molar-refractivity contribution < 1.29 is 24.2 Å². The van der Waals surface area contributed by atoms with Gasteiger partial charge in [-0.2, -0.15) is 0 Å². The van der Waals surface area contributed by atoms with Crippen LogP contribution < -0.4 is 0 Å². The van der Waals surface area contributed by atoms with E-state index < -0.39 is 12.1 Å². The van der Waals surface area contributed by atoms with Crippen molar-refractivity contribution in [3.05, 3.63) is 35.3 Å². The smallest absolute Gasteiger partial charge is 0.303 e. The topological polar surface area (TPSA) is 91.0 Å². The molecule has 1 amide bonds. The van der Waals surface area contributed by atoms with E-state index in [1.165, 1.54) is 0 Å². The molecule has 150 valence electrons. The first-order valence-corrected chi connectivity index (χ1v) is 9.95. The third-order valence-corrected chi connectivity index (χ3v) is 4.95. The number of carboxylic acid groups (broad SMARTS) is 1. The number of piperidine rings is 1. The molecule has 0 saturated carbocycles. The summed E-state index contributed by atoms with van der Waals surface area (Å²) in [4.78, 5) is 24.7. The predicted molar refractivity (Wildman–Crippen MR) is 103 cm³/mol. The minimum atomic E-state index is -0.762. The van der Waals surface area contributed by atoms with Gasteiger partial charge in [0, 0.05) is 25.8 Å². The number of halogens is 1. The second-order valence-corrected chi connectivity index (χ2v) is 7.34. The monoisotopic (exact) mass is 397 g/mol. The normalized spacial score (nSPS) is 19.0. The summed E-state index contributed by atoms with van der Waals surface area (Å²) in [6.45, 7) is 0.671. The van der Waals surface area contributed by atoms with Crippen LogP contribution in [0.15, 0.2) is 28.7 Å². The number of hydrogen-bond donors (Lipinski definition) is 2. The molecule has 0 aromatic carbocycles. The van der Waals surface area contributed by atoms with Gasteiger partial charge in [0.2, 0.25) is 5.91 Å². The molecule has 2 heterocycles. The lowest BCUT2D eigenvalue weighted by molar-refractivity contribution is -0.137. The zero-order valence-electron chi connectivity index (χ0n) is 15.5. The van der Waals surface area contributed by atoms with E-state index in [0.717, 1.165) is 32.1 Å². The molecule has 1 aliphatic rings. The van der Waals surface area contributed by atoms with Crippen molar-refractivity contribution in [2.75, 3.05) is 6.54 Å². The zero-order chi connectivity index (χ0) is 19.6. The number of carboxylic acids is 1. The van der Waals surface area contributed by atoms with Gasteiger partial charge < -0.3 is 19.5 Å². The first kappa shape index (κ1) is 21.5. The van der Waals surface area contributed by atoms with Crippen LogP contribution in [-0.4, -0.2) is 45.7 Å². The van der Waals surface area contributed by atoms with Crippen LogP contribution in [0.3, 0.4) is 0 Å². The average molecular weight is 398 g/mol. The summed E-state index contributed by atoms with van der Waals surface area (Å²) in [5.74, 6) is 0.00520. The fraction of sp³-hybridized carbons (Fsp3) is 0.600. The Morgan fingerprint density at radius 1 is 1.33 bits per heavy atom. The molecule has 1 aliphatic heterocycles. The maximum Gasteiger partial charge on any atom is 0.303 e. The number of aliphatic hydroxyl groups excluding tert-OH is 1. The van der Waals surface area contributed by atoms with Gasteiger partial charge >= 0.3 is 5.97 Å². The maximum atomic E-state index is 12.3. The maximum absolute atomic E-state index is 12.3. The number of carbonyl (C=O) groups excluding carboxylic acids is 1. The molecule has 27 heavy (non-hydrogen) atoms. The molecule has 0 radical (unpaired) electrons. The van der Waals surface area contributed by atoms with Crippen molar-refractivity contribution in [2.45, 2.75) is 69.9 Å². The summed E-state index contributed by atoms with van der Waals surface area (Å²) >= 11 is 5.73. The van der Waals surface area contributed by atoms with Crippen LogP contribution in [0.5, 0.6) is 0 Å². The lowest BCUT2D eigenvalue weighted by atomic mass is 9.99. The van der Waals surface area contributed by atoms with Gasteiger partial charge in [-0.25, -0.2) is 0 Å². The summed E-state index contributed by atoms with van der Waals surface area (Å²) in [7, 11) is 0. The highest BCUT2D eigenvalue weighted by Gasteiger charge is 2.25. The molecule has 1 saturated heterocycles. The van der Waals surface area contributed by atoms with Crippen LogP contribution in [0.4, 0.5) is 0 Å². The molecule has 1 aromatic rings. The van der Waals surface area contributed by atoms with E-state index in [9.17, 15) is 14.7 Å². The van der Waals surface area contributed by atoms with Gasteiger partial charge in [-0.3, -0.25) is 9.59 Å². The van der Waals surface area contributed by atoms with Crippen molar-refractivity contribution in [3.8, 4) is 0 Å². The van der Waals surface area contributed by atoms with Crippen LogP contribution in [0.25, 0.3) is 0 Å². The molecule has 0 bridgehead atoms. The summed E-state index contributed by atoms with van der Waals surface area (Å²) in [5, 5.41) is 19.1. The molecular weight excluding hydrogens is 370 g/mol. The zero-order valence-corrected chi connectivity index (χ0v) is 16.2. The van der Waals surface area contributed by atoms with Gasteiger partial charge in [-0.1, -0.05) is 25.0 Å². The van der Waals surface area contributed by atoms with Gasteiger partial charge in [0.15, 0.2) is 5.22 Å². The van der Waals surface area contributed by atoms with E-state index in [2.05, 4.69) is 0 Å².